The molecule has 0 aliphatic heterocycles. The van der Waals surface area contributed by atoms with E-state index in [1.54, 1.807) is 18.2 Å². The first-order valence-electron chi connectivity index (χ1n) is 10.1. The number of para-hydroxylation sites is 1. The second-order valence-electron chi connectivity index (χ2n) is 6.95. The number of hydrogen-bond acceptors (Lipinski definition) is 6. The second kappa shape index (κ2) is 11.3. The normalized spacial score (nSPS) is 10.2. The summed E-state index contributed by atoms with van der Waals surface area (Å²) in [7, 11) is 3.51. The molecule has 0 aliphatic carbocycles. The third-order valence-electron chi connectivity index (χ3n) is 4.67. The zero-order valence-electron chi connectivity index (χ0n) is 18.0. The van der Waals surface area contributed by atoms with Crippen LogP contribution in [-0.2, 0) is 0 Å². The van der Waals surface area contributed by atoms with E-state index in [0.29, 0.717) is 29.4 Å². The summed E-state index contributed by atoms with van der Waals surface area (Å²) < 4.78 is 5.29. The highest BCUT2D eigenvalue weighted by atomic mass is 16.5. The summed E-state index contributed by atoms with van der Waals surface area (Å²) in [5, 5.41) is 8.16. The lowest BCUT2D eigenvalue weighted by molar-refractivity contribution is 0.0953. The van der Waals surface area contributed by atoms with Gasteiger partial charge >= 0.3 is 6.03 Å². The molecule has 0 bridgehead atoms. The van der Waals surface area contributed by atoms with E-state index in [1.807, 2.05) is 37.4 Å². The Kier molecular flexibility index (Phi) is 7.96. The summed E-state index contributed by atoms with van der Waals surface area (Å²) in [5.74, 6) is 0.506. The Bertz CT molecular complexity index is 1030. The van der Waals surface area contributed by atoms with Crippen molar-refractivity contribution < 1.29 is 14.3 Å². The van der Waals surface area contributed by atoms with Crippen molar-refractivity contribution in [2.45, 2.75) is 6.42 Å². The molecule has 0 aliphatic rings. The highest BCUT2D eigenvalue weighted by Crippen LogP contribution is 2.25. The van der Waals surface area contributed by atoms with Crippen LogP contribution in [-0.4, -0.2) is 49.2 Å². The van der Waals surface area contributed by atoms with Crippen molar-refractivity contribution in [3.8, 4) is 5.75 Å². The first kappa shape index (κ1) is 22.5. The molecule has 166 valence electrons. The van der Waals surface area contributed by atoms with Crippen molar-refractivity contribution >= 4 is 29.1 Å². The van der Waals surface area contributed by atoms with Gasteiger partial charge in [0.2, 0.25) is 0 Å². The van der Waals surface area contributed by atoms with E-state index in [9.17, 15) is 9.59 Å². The average molecular weight is 435 g/mol. The molecule has 3 rings (SSSR count). The molecule has 0 spiro atoms. The number of ether oxygens (including phenoxy) is 1. The molecule has 1 aromatic heterocycles. The van der Waals surface area contributed by atoms with Crippen LogP contribution < -0.4 is 25.6 Å². The van der Waals surface area contributed by atoms with Gasteiger partial charge in [-0.2, -0.15) is 0 Å². The van der Waals surface area contributed by atoms with Crippen molar-refractivity contribution in [1.82, 2.24) is 15.3 Å². The number of rotatable bonds is 9. The first-order valence-corrected chi connectivity index (χ1v) is 10.1. The van der Waals surface area contributed by atoms with E-state index in [2.05, 4.69) is 30.8 Å². The Morgan fingerprint density at radius 1 is 1.06 bits per heavy atom. The summed E-state index contributed by atoms with van der Waals surface area (Å²) in [6.45, 7) is 1.33. The Morgan fingerprint density at radius 2 is 1.88 bits per heavy atom. The number of benzene rings is 2. The first-order chi connectivity index (χ1) is 15.6. The van der Waals surface area contributed by atoms with Gasteiger partial charge in [0.15, 0.2) is 5.82 Å². The van der Waals surface area contributed by atoms with Crippen LogP contribution in [0.5, 0.6) is 5.75 Å². The second-order valence-corrected chi connectivity index (χ2v) is 6.95. The zero-order valence-corrected chi connectivity index (χ0v) is 18.0. The number of urea groups is 1. The average Bonchev–Trinajstić information content (AvgIpc) is 2.82. The summed E-state index contributed by atoms with van der Waals surface area (Å²) in [6, 6.07) is 14.4. The molecule has 0 radical (unpaired) electrons. The van der Waals surface area contributed by atoms with E-state index in [0.717, 1.165) is 18.7 Å². The SMILES string of the molecule is COc1ccc(C(=O)NCCCN(C)c2ccccc2)cc1NC(=O)Nc1cnccn1. The largest absolute Gasteiger partial charge is 0.495 e. The fraction of sp³-hybridized carbons (Fsp3) is 0.217. The number of amides is 3. The van der Waals surface area contributed by atoms with E-state index < -0.39 is 6.03 Å². The molecule has 32 heavy (non-hydrogen) atoms. The number of aromatic nitrogens is 2. The summed E-state index contributed by atoms with van der Waals surface area (Å²) >= 11 is 0. The van der Waals surface area contributed by atoms with Crippen molar-refractivity contribution in [1.29, 1.82) is 0 Å². The van der Waals surface area contributed by atoms with Crippen LogP contribution in [0.15, 0.2) is 67.1 Å². The van der Waals surface area contributed by atoms with Gasteiger partial charge < -0.3 is 20.3 Å². The van der Waals surface area contributed by atoms with E-state index in [4.69, 9.17) is 4.74 Å². The quantitative estimate of drug-likeness (QED) is 0.446. The molecule has 9 heteroatoms. The molecular formula is C23H26N6O3. The molecule has 9 nitrogen and oxygen atoms in total. The van der Waals surface area contributed by atoms with Crippen LogP contribution in [0.3, 0.4) is 0 Å². The molecule has 0 saturated heterocycles. The van der Waals surface area contributed by atoms with E-state index in [1.165, 1.54) is 25.7 Å². The zero-order chi connectivity index (χ0) is 22.8. The molecular weight excluding hydrogens is 408 g/mol. The van der Waals surface area contributed by atoms with Crippen LogP contribution in [0.1, 0.15) is 16.8 Å². The Balaban J connectivity index is 1.54. The molecule has 3 N–H and O–H groups in total. The lowest BCUT2D eigenvalue weighted by Crippen LogP contribution is -2.28. The van der Waals surface area contributed by atoms with E-state index >= 15 is 0 Å². The molecule has 3 aromatic rings. The Labute approximate surface area is 186 Å². The van der Waals surface area contributed by atoms with Crippen molar-refractivity contribution in [2.75, 3.05) is 42.8 Å². The fourth-order valence-corrected chi connectivity index (χ4v) is 3.01. The number of carbonyl (C=O) groups excluding carboxylic acids is 2. The molecule has 3 amide bonds. The highest BCUT2D eigenvalue weighted by Gasteiger charge is 2.13. The third-order valence-corrected chi connectivity index (χ3v) is 4.67. The predicted octanol–water partition coefficient (Wildman–Crippen LogP) is 3.39. The molecule has 0 atom stereocenters. The van der Waals surface area contributed by atoms with Crippen molar-refractivity contribution in [2.24, 2.45) is 0 Å². The Morgan fingerprint density at radius 3 is 2.59 bits per heavy atom. The summed E-state index contributed by atoms with van der Waals surface area (Å²) in [5.41, 5.74) is 1.91. The van der Waals surface area contributed by atoms with Gasteiger partial charge in [0.05, 0.1) is 19.0 Å². The van der Waals surface area contributed by atoms with Crippen LogP contribution in [0.2, 0.25) is 0 Å². The molecule has 0 saturated carbocycles. The summed E-state index contributed by atoms with van der Waals surface area (Å²) in [4.78, 5) is 34.9. The van der Waals surface area contributed by atoms with Gasteiger partial charge in [0.25, 0.3) is 5.91 Å². The molecule has 2 aromatic carbocycles. The van der Waals surface area contributed by atoms with Gasteiger partial charge in [0, 0.05) is 43.8 Å². The maximum Gasteiger partial charge on any atom is 0.324 e. The number of hydrogen-bond donors (Lipinski definition) is 3. The smallest absolute Gasteiger partial charge is 0.324 e. The third kappa shape index (κ3) is 6.43. The number of carbonyl (C=O) groups is 2. The van der Waals surface area contributed by atoms with Crippen LogP contribution in [0.25, 0.3) is 0 Å². The topological polar surface area (TPSA) is 108 Å². The van der Waals surface area contributed by atoms with Crippen LogP contribution in [0.4, 0.5) is 22.0 Å². The molecule has 1 heterocycles. The summed E-state index contributed by atoms with van der Waals surface area (Å²) in [6.07, 6.45) is 5.20. The monoisotopic (exact) mass is 434 g/mol. The number of anilines is 3. The van der Waals surface area contributed by atoms with Crippen LogP contribution >= 0.6 is 0 Å². The highest BCUT2D eigenvalue weighted by molar-refractivity contribution is 6.02. The minimum absolute atomic E-state index is 0.229. The van der Waals surface area contributed by atoms with Gasteiger partial charge in [-0.15, -0.1) is 0 Å². The minimum Gasteiger partial charge on any atom is -0.495 e. The van der Waals surface area contributed by atoms with Gasteiger partial charge in [0.1, 0.15) is 5.75 Å². The Hall–Kier alpha value is -4.14. The minimum atomic E-state index is -0.523. The maximum atomic E-state index is 12.6. The molecule has 0 fully saturated rings. The number of nitrogens with zero attached hydrogens (tertiary/aromatic N) is 3. The lowest BCUT2D eigenvalue weighted by atomic mass is 10.1. The van der Waals surface area contributed by atoms with Gasteiger partial charge in [-0.3, -0.25) is 15.1 Å². The maximum absolute atomic E-state index is 12.6. The van der Waals surface area contributed by atoms with Gasteiger partial charge in [-0.05, 0) is 36.8 Å². The number of nitrogens with one attached hydrogen (secondary N) is 3. The van der Waals surface area contributed by atoms with E-state index in [-0.39, 0.29) is 5.91 Å². The molecule has 0 unspecified atom stereocenters. The van der Waals surface area contributed by atoms with Crippen molar-refractivity contribution in [3.63, 3.8) is 0 Å². The van der Waals surface area contributed by atoms with Gasteiger partial charge in [-0.25, -0.2) is 9.78 Å². The van der Waals surface area contributed by atoms with Gasteiger partial charge in [-0.1, -0.05) is 18.2 Å². The number of methoxy groups -OCH3 is 1. The lowest BCUT2D eigenvalue weighted by Gasteiger charge is -2.19. The van der Waals surface area contributed by atoms with Crippen LogP contribution in [0, 0.1) is 0 Å². The fourth-order valence-electron chi connectivity index (χ4n) is 3.01. The van der Waals surface area contributed by atoms with Crippen molar-refractivity contribution in [3.05, 3.63) is 72.7 Å². The standard InChI is InChI=1S/C23H26N6O3/c1-29(18-7-4-3-5-8-18)14-6-11-26-22(30)17-9-10-20(32-2)19(15-17)27-23(31)28-21-16-24-12-13-25-21/h3-5,7-10,12-13,15-16H,6,11,14H2,1-2H3,(H,26,30)(H2,25,27,28,31). The predicted molar refractivity (Wildman–Crippen MR) is 124 cm³/mol.